The van der Waals surface area contributed by atoms with Crippen molar-refractivity contribution in [2.45, 2.75) is 19.8 Å². The van der Waals surface area contributed by atoms with E-state index in [9.17, 15) is 9.59 Å². The van der Waals surface area contributed by atoms with Crippen LogP contribution in [0.1, 0.15) is 35.7 Å². The van der Waals surface area contributed by atoms with E-state index in [-0.39, 0.29) is 17.4 Å². The molecule has 0 saturated carbocycles. The van der Waals surface area contributed by atoms with Crippen LogP contribution in [0.4, 0.5) is 5.69 Å². The molecule has 4 rings (SSSR count). The van der Waals surface area contributed by atoms with Crippen LogP contribution in [0.5, 0.6) is 0 Å². The number of hydrogen-bond acceptors (Lipinski definition) is 2. The van der Waals surface area contributed by atoms with Crippen molar-refractivity contribution in [2.75, 3.05) is 5.32 Å². The third-order valence-corrected chi connectivity index (χ3v) is 4.79. The number of nitrogens with zero attached hydrogens (tertiary/aromatic N) is 1. The molecule has 2 N–H and O–H groups in total. The summed E-state index contributed by atoms with van der Waals surface area (Å²) in [7, 11) is 0. The predicted molar refractivity (Wildman–Crippen MR) is 112 cm³/mol. The van der Waals surface area contributed by atoms with Gasteiger partial charge in [0.05, 0.1) is 5.52 Å². The maximum absolute atomic E-state index is 12.6. The molecule has 0 fully saturated rings. The third-order valence-electron chi connectivity index (χ3n) is 4.79. The first-order chi connectivity index (χ1) is 13.5. The number of pyridine rings is 1. The Kier molecular flexibility index (Phi) is 4.57. The Hall–Kier alpha value is -3.60. The van der Waals surface area contributed by atoms with E-state index in [0.29, 0.717) is 11.3 Å². The standard InChI is InChI=1S/C23H21N3O2/c1-15(2)20-14-22(27)25-21-13-17(7-10-19(20)21)24-23(28)16-5-8-18(9-6-16)26-11-3-4-12-26/h3-15H,1-2H3,(H,24,28)(H,25,27). The van der Waals surface area contributed by atoms with E-state index in [4.69, 9.17) is 0 Å². The van der Waals surface area contributed by atoms with Crippen molar-refractivity contribution in [2.24, 2.45) is 0 Å². The van der Waals surface area contributed by atoms with Gasteiger partial charge in [0.15, 0.2) is 0 Å². The fourth-order valence-corrected chi connectivity index (χ4v) is 3.34. The summed E-state index contributed by atoms with van der Waals surface area (Å²) in [6.07, 6.45) is 3.91. The monoisotopic (exact) mass is 371 g/mol. The van der Waals surface area contributed by atoms with Crippen molar-refractivity contribution in [1.29, 1.82) is 0 Å². The lowest BCUT2D eigenvalue weighted by Gasteiger charge is -2.11. The number of benzene rings is 2. The summed E-state index contributed by atoms with van der Waals surface area (Å²) in [5.41, 5.74) is 3.78. The van der Waals surface area contributed by atoms with Gasteiger partial charge >= 0.3 is 0 Å². The van der Waals surface area contributed by atoms with Crippen LogP contribution < -0.4 is 10.9 Å². The zero-order valence-corrected chi connectivity index (χ0v) is 15.8. The Morgan fingerprint density at radius 2 is 1.71 bits per heavy atom. The quantitative estimate of drug-likeness (QED) is 0.546. The minimum absolute atomic E-state index is 0.139. The van der Waals surface area contributed by atoms with Crippen molar-refractivity contribution in [3.05, 3.63) is 94.5 Å². The van der Waals surface area contributed by atoms with E-state index in [2.05, 4.69) is 24.1 Å². The molecule has 5 heteroatoms. The summed E-state index contributed by atoms with van der Waals surface area (Å²) >= 11 is 0. The molecule has 0 aliphatic carbocycles. The van der Waals surface area contributed by atoms with Gasteiger partial charge in [0.1, 0.15) is 0 Å². The van der Waals surface area contributed by atoms with Gasteiger partial charge in [-0.2, -0.15) is 0 Å². The summed E-state index contributed by atoms with van der Waals surface area (Å²) in [5, 5.41) is 3.89. The zero-order valence-electron chi connectivity index (χ0n) is 15.8. The zero-order chi connectivity index (χ0) is 19.7. The van der Waals surface area contributed by atoms with Gasteiger partial charge in [-0.05, 0) is 60.0 Å². The Bertz CT molecular complexity index is 1190. The number of carbonyl (C=O) groups is 1. The number of aromatic amines is 1. The highest BCUT2D eigenvalue weighted by molar-refractivity contribution is 6.05. The van der Waals surface area contributed by atoms with Crippen LogP contribution in [-0.4, -0.2) is 15.5 Å². The summed E-state index contributed by atoms with van der Waals surface area (Å²) < 4.78 is 1.98. The molecular formula is C23H21N3O2. The normalized spacial score (nSPS) is 11.1. The first kappa shape index (κ1) is 17.8. The van der Waals surface area contributed by atoms with Gasteiger partial charge in [-0.25, -0.2) is 0 Å². The average molecular weight is 371 g/mol. The molecule has 2 aromatic heterocycles. The maximum Gasteiger partial charge on any atom is 0.255 e. The number of nitrogens with one attached hydrogen (secondary N) is 2. The topological polar surface area (TPSA) is 66.9 Å². The number of amides is 1. The number of rotatable bonds is 4. The highest BCUT2D eigenvalue weighted by Crippen LogP contribution is 2.25. The van der Waals surface area contributed by atoms with E-state index < -0.39 is 0 Å². The fourth-order valence-electron chi connectivity index (χ4n) is 3.34. The smallest absolute Gasteiger partial charge is 0.255 e. The Morgan fingerprint density at radius 1 is 1.00 bits per heavy atom. The Morgan fingerprint density at radius 3 is 2.39 bits per heavy atom. The van der Waals surface area contributed by atoms with Gasteiger partial charge in [-0.3, -0.25) is 9.59 Å². The molecule has 0 radical (unpaired) electrons. The maximum atomic E-state index is 12.6. The van der Waals surface area contributed by atoms with E-state index >= 15 is 0 Å². The van der Waals surface area contributed by atoms with Gasteiger partial charge in [-0.1, -0.05) is 19.9 Å². The first-order valence-electron chi connectivity index (χ1n) is 9.23. The molecule has 140 valence electrons. The van der Waals surface area contributed by atoms with Gasteiger partial charge in [0.2, 0.25) is 5.56 Å². The summed E-state index contributed by atoms with van der Waals surface area (Å²) in [4.78, 5) is 27.4. The molecule has 1 amide bonds. The van der Waals surface area contributed by atoms with E-state index in [1.807, 2.05) is 53.4 Å². The minimum atomic E-state index is -0.194. The molecule has 0 unspecified atom stereocenters. The summed E-state index contributed by atoms with van der Waals surface area (Å²) in [6, 6.07) is 18.5. The Balaban J connectivity index is 1.59. The van der Waals surface area contributed by atoms with E-state index in [1.54, 1.807) is 24.3 Å². The molecule has 0 saturated heterocycles. The van der Waals surface area contributed by atoms with Crippen LogP contribution in [0.2, 0.25) is 0 Å². The second-order valence-electron chi connectivity index (χ2n) is 7.10. The highest BCUT2D eigenvalue weighted by Gasteiger charge is 2.10. The van der Waals surface area contributed by atoms with Crippen LogP contribution in [0.25, 0.3) is 16.6 Å². The largest absolute Gasteiger partial charge is 0.324 e. The van der Waals surface area contributed by atoms with Crippen LogP contribution in [0, 0.1) is 0 Å². The SMILES string of the molecule is CC(C)c1cc(=O)[nH]c2cc(NC(=O)c3ccc(-n4cccc4)cc3)ccc12. The first-order valence-corrected chi connectivity index (χ1v) is 9.23. The highest BCUT2D eigenvalue weighted by atomic mass is 16.1. The van der Waals surface area contributed by atoms with E-state index in [1.165, 1.54) is 0 Å². The molecule has 28 heavy (non-hydrogen) atoms. The fraction of sp³-hybridized carbons (Fsp3) is 0.130. The van der Waals surface area contributed by atoms with Crippen molar-refractivity contribution in [3.63, 3.8) is 0 Å². The molecule has 0 spiro atoms. The number of carbonyl (C=O) groups excluding carboxylic acids is 1. The molecule has 2 aromatic carbocycles. The van der Waals surface area contributed by atoms with Gasteiger partial charge in [-0.15, -0.1) is 0 Å². The van der Waals surface area contributed by atoms with Gasteiger partial charge < -0.3 is 14.9 Å². The molecular weight excluding hydrogens is 350 g/mol. The number of H-pyrrole nitrogens is 1. The lowest BCUT2D eigenvalue weighted by molar-refractivity contribution is 0.102. The molecule has 0 bridgehead atoms. The number of fused-ring (bicyclic) bond motifs is 1. The van der Waals surface area contributed by atoms with Crippen LogP contribution in [0.15, 0.2) is 77.9 Å². The third kappa shape index (κ3) is 3.47. The van der Waals surface area contributed by atoms with Gasteiger partial charge in [0.25, 0.3) is 5.91 Å². The lowest BCUT2D eigenvalue weighted by Crippen LogP contribution is -2.12. The van der Waals surface area contributed by atoms with Crippen molar-refractivity contribution in [3.8, 4) is 5.69 Å². The van der Waals surface area contributed by atoms with Crippen molar-refractivity contribution in [1.82, 2.24) is 9.55 Å². The number of anilines is 1. The van der Waals surface area contributed by atoms with Crippen LogP contribution >= 0.6 is 0 Å². The van der Waals surface area contributed by atoms with Crippen molar-refractivity contribution >= 4 is 22.5 Å². The molecule has 0 aliphatic rings. The lowest BCUT2D eigenvalue weighted by atomic mass is 9.99. The molecule has 0 aliphatic heterocycles. The van der Waals surface area contributed by atoms with Crippen LogP contribution in [0.3, 0.4) is 0 Å². The second-order valence-corrected chi connectivity index (χ2v) is 7.10. The molecule has 0 atom stereocenters. The molecule has 2 heterocycles. The van der Waals surface area contributed by atoms with E-state index in [0.717, 1.165) is 22.2 Å². The molecule has 4 aromatic rings. The predicted octanol–water partition coefficient (Wildman–Crippen LogP) is 4.69. The van der Waals surface area contributed by atoms with Crippen molar-refractivity contribution < 1.29 is 4.79 Å². The van der Waals surface area contributed by atoms with Crippen LogP contribution in [-0.2, 0) is 0 Å². The number of hydrogen-bond donors (Lipinski definition) is 2. The van der Waals surface area contributed by atoms with Gasteiger partial charge in [0, 0.05) is 40.8 Å². The number of aromatic nitrogens is 2. The summed E-state index contributed by atoms with van der Waals surface area (Å²) in [5.74, 6) is 0.0461. The molecule has 5 nitrogen and oxygen atoms in total. The summed E-state index contributed by atoms with van der Waals surface area (Å²) in [6.45, 7) is 4.11. The average Bonchev–Trinajstić information content (AvgIpc) is 3.22. The second kappa shape index (κ2) is 7.19. The minimum Gasteiger partial charge on any atom is -0.324 e. The Labute approximate surface area is 162 Å².